The molecule has 168 valence electrons. The number of benzene rings is 3. The number of imide groups is 1. The quantitative estimate of drug-likeness (QED) is 0.363. The Kier molecular flexibility index (Phi) is 5.73. The molecule has 2 heterocycles. The molecular weight excluding hydrogens is 470 g/mol. The van der Waals surface area contributed by atoms with Crippen LogP contribution in [0, 0.1) is 6.92 Å². The first-order valence-corrected chi connectivity index (χ1v) is 11.7. The zero-order valence-electron chi connectivity index (χ0n) is 18.0. The van der Waals surface area contributed by atoms with E-state index < -0.39 is 17.7 Å². The first-order valence-electron chi connectivity index (χ1n) is 10.5. The molecule has 0 atom stereocenters. The van der Waals surface area contributed by atoms with Gasteiger partial charge in [0, 0.05) is 28.1 Å². The van der Waals surface area contributed by atoms with Crippen molar-refractivity contribution in [3.63, 3.8) is 0 Å². The smallest absolute Gasteiger partial charge is 0.266 e. The molecule has 3 aromatic carbocycles. The number of nitrogens with zero attached hydrogens (tertiary/aromatic N) is 2. The van der Waals surface area contributed by atoms with Crippen LogP contribution in [0.15, 0.2) is 72.9 Å². The lowest BCUT2D eigenvalue weighted by molar-refractivity contribution is 0.0925. The Hall–Kier alpha value is -3.81. The second kappa shape index (κ2) is 8.85. The topological polar surface area (TPSA) is 79.4 Å². The van der Waals surface area contributed by atoms with Crippen LogP contribution in [-0.4, -0.2) is 22.7 Å². The summed E-state index contributed by atoms with van der Waals surface area (Å²) in [5, 5.41) is 3.92. The maximum atomic E-state index is 13.0. The fourth-order valence-electron chi connectivity index (χ4n) is 3.83. The van der Waals surface area contributed by atoms with Crippen LogP contribution in [0.2, 0.25) is 5.02 Å². The molecule has 1 aromatic heterocycles. The van der Waals surface area contributed by atoms with Crippen molar-refractivity contribution < 1.29 is 14.4 Å². The number of hydrogen-bond acceptors (Lipinski definition) is 5. The Morgan fingerprint density at radius 1 is 1.00 bits per heavy atom. The Labute approximate surface area is 204 Å². The van der Waals surface area contributed by atoms with Gasteiger partial charge in [-0.2, -0.15) is 0 Å². The minimum atomic E-state index is -0.441. The van der Waals surface area contributed by atoms with Gasteiger partial charge in [-0.1, -0.05) is 41.9 Å². The highest BCUT2D eigenvalue weighted by atomic mass is 35.5. The molecule has 0 aliphatic carbocycles. The van der Waals surface area contributed by atoms with Crippen LogP contribution in [0.3, 0.4) is 0 Å². The summed E-state index contributed by atoms with van der Waals surface area (Å²) in [6.07, 6.45) is 2.40. The highest BCUT2D eigenvalue weighted by molar-refractivity contribution is 7.15. The van der Waals surface area contributed by atoms with Gasteiger partial charge in [-0.05, 0) is 54.4 Å². The Morgan fingerprint density at radius 3 is 2.50 bits per heavy atom. The summed E-state index contributed by atoms with van der Waals surface area (Å²) in [6.45, 7) is 1.84. The number of anilines is 2. The standard InChI is InChI=1S/C26H18ClN3O3S/c1-15-4-2-3-5-22(15)30-24(32)20-11-8-17(13-21(20)25(30)33)23(31)29-26-28-14-19(34-26)12-16-6-9-18(27)10-7-16/h2-11,13-14H,12H2,1H3,(H,28,29,31). The summed E-state index contributed by atoms with van der Waals surface area (Å²) < 4.78 is 0. The molecule has 0 unspecified atom stereocenters. The first kappa shape index (κ1) is 22.0. The lowest BCUT2D eigenvalue weighted by Gasteiger charge is -2.16. The number of nitrogens with one attached hydrogen (secondary N) is 1. The van der Waals surface area contributed by atoms with E-state index in [9.17, 15) is 14.4 Å². The van der Waals surface area contributed by atoms with Crippen LogP contribution in [0.1, 0.15) is 47.1 Å². The number of fused-ring (bicyclic) bond motifs is 1. The number of carbonyl (C=O) groups excluding carboxylic acids is 3. The fourth-order valence-corrected chi connectivity index (χ4v) is 4.80. The van der Waals surface area contributed by atoms with Crippen LogP contribution < -0.4 is 10.2 Å². The van der Waals surface area contributed by atoms with E-state index in [1.807, 2.05) is 43.3 Å². The lowest BCUT2D eigenvalue weighted by Crippen LogP contribution is -2.29. The van der Waals surface area contributed by atoms with E-state index in [0.29, 0.717) is 22.3 Å². The number of aryl methyl sites for hydroxylation is 1. The molecule has 8 heteroatoms. The van der Waals surface area contributed by atoms with E-state index in [4.69, 9.17) is 11.6 Å². The van der Waals surface area contributed by atoms with E-state index in [1.54, 1.807) is 24.4 Å². The third-order valence-electron chi connectivity index (χ3n) is 5.57. The minimum absolute atomic E-state index is 0.212. The van der Waals surface area contributed by atoms with Gasteiger partial charge in [0.1, 0.15) is 0 Å². The largest absolute Gasteiger partial charge is 0.298 e. The van der Waals surface area contributed by atoms with Gasteiger partial charge in [0.2, 0.25) is 0 Å². The minimum Gasteiger partial charge on any atom is -0.298 e. The van der Waals surface area contributed by atoms with Gasteiger partial charge in [0.05, 0.1) is 16.8 Å². The van der Waals surface area contributed by atoms with Crippen molar-refractivity contribution in [1.29, 1.82) is 0 Å². The maximum absolute atomic E-state index is 13.0. The molecule has 6 nitrogen and oxygen atoms in total. The second-order valence-corrected chi connectivity index (χ2v) is 9.43. The number of rotatable bonds is 5. The van der Waals surface area contributed by atoms with Gasteiger partial charge < -0.3 is 0 Å². The zero-order chi connectivity index (χ0) is 23.8. The van der Waals surface area contributed by atoms with Crippen molar-refractivity contribution in [3.05, 3.63) is 111 Å². The molecule has 1 N–H and O–H groups in total. The molecule has 0 fully saturated rings. The predicted molar refractivity (Wildman–Crippen MR) is 133 cm³/mol. The Morgan fingerprint density at radius 2 is 1.74 bits per heavy atom. The van der Waals surface area contributed by atoms with Gasteiger partial charge in [-0.3, -0.25) is 19.7 Å². The van der Waals surface area contributed by atoms with Crippen LogP contribution in [0.25, 0.3) is 0 Å². The van der Waals surface area contributed by atoms with Crippen molar-refractivity contribution in [2.24, 2.45) is 0 Å². The average molecular weight is 488 g/mol. The monoisotopic (exact) mass is 487 g/mol. The third-order valence-corrected chi connectivity index (χ3v) is 6.74. The molecule has 0 saturated heterocycles. The first-order chi connectivity index (χ1) is 16.4. The zero-order valence-corrected chi connectivity index (χ0v) is 19.6. The van der Waals surface area contributed by atoms with E-state index in [2.05, 4.69) is 10.3 Å². The summed E-state index contributed by atoms with van der Waals surface area (Å²) in [7, 11) is 0. The summed E-state index contributed by atoms with van der Waals surface area (Å²) in [6, 6.07) is 19.3. The lowest BCUT2D eigenvalue weighted by atomic mass is 10.1. The van der Waals surface area contributed by atoms with Crippen molar-refractivity contribution in [2.45, 2.75) is 13.3 Å². The molecule has 0 saturated carbocycles. The molecule has 4 aromatic rings. The van der Waals surface area contributed by atoms with Crippen LogP contribution >= 0.6 is 22.9 Å². The summed E-state index contributed by atoms with van der Waals surface area (Å²) in [4.78, 5) is 45.2. The van der Waals surface area contributed by atoms with Gasteiger partial charge >= 0.3 is 0 Å². The number of carbonyl (C=O) groups is 3. The fraction of sp³-hybridized carbons (Fsp3) is 0.0769. The van der Waals surface area contributed by atoms with Crippen LogP contribution in [0.4, 0.5) is 10.8 Å². The predicted octanol–water partition coefficient (Wildman–Crippen LogP) is 5.75. The highest BCUT2D eigenvalue weighted by Gasteiger charge is 2.37. The van der Waals surface area contributed by atoms with Gasteiger partial charge in [-0.15, -0.1) is 11.3 Å². The Bertz CT molecular complexity index is 1450. The molecule has 0 bridgehead atoms. The van der Waals surface area contributed by atoms with E-state index in [-0.39, 0.29) is 16.7 Å². The van der Waals surface area contributed by atoms with Gasteiger partial charge in [0.25, 0.3) is 17.7 Å². The number of halogens is 1. The average Bonchev–Trinajstić information content (AvgIpc) is 3.37. The maximum Gasteiger partial charge on any atom is 0.266 e. The van der Waals surface area contributed by atoms with E-state index in [0.717, 1.165) is 20.9 Å². The molecule has 5 rings (SSSR count). The van der Waals surface area contributed by atoms with E-state index >= 15 is 0 Å². The van der Waals surface area contributed by atoms with Crippen LogP contribution in [0.5, 0.6) is 0 Å². The number of amides is 3. The molecule has 3 amide bonds. The van der Waals surface area contributed by atoms with Crippen LogP contribution in [-0.2, 0) is 6.42 Å². The van der Waals surface area contributed by atoms with Crippen molar-refractivity contribution >= 4 is 51.5 Å². The number of para-hydroxylation sites is 1. The SMILES string of the molecule is Cc1ccccc1N1C(=O)c2ccc(C(=O)Nc3ncc(Cc4ccc(Cl)cc4)s3)cc2C1=O. The summed E-state index contributed by atoms with van der Waals surface area (Å²) in [5.41, 5.74) is 3.21. The molecule has 0 radical (unpaired) electrons. The number of aromatic nitrogens is 1. The van der Waals surface area contributed by atoms with Gasteiger partial charge in [-0.25, -0.2) is 9.88 Å². The number of hydrogen-bond donors (Lipinski definition) is 1. The molecule has 1 aliphatic heterocycles. The molecule has 0 spiro atoms. The van der Waals surface area contributed by atoms with Crippen molar-refractivity contribution in [1.82, 2.24) is 4.98 Å². The third kappa shape index (κ3) is 4.11. The van der Waals surface area contributed by atoms with Crippen molar-refractivity contribution in [2.75, 3.05) is 10.2 Å². The molecular formula is C26H18ClN3O3S. The summed E-state index contributed by atoms with van der Waals surface area (Å²) in [5.74, 6) is -1.23. The normalized spacial score (nSPS) is 12.7. The summed E-state index contributed by atoms with van der Waals surface area (Å²) >= 11 is 7.31. The number of thiazole rings is 1. The van der Waals surface area contributed by atoms with Crippen molar-refractivity contribution in [3.8, 4) is 0 Å². The second-order valence-electron chi connectivity index (χ2n) is 7.88. The highest BCUT2D eigenvalue weighted by Crippen LogP contribution is 2.31. The Balaban J connectivity index is 1.33. The van der Waals surface area contributed by atoms with E-state index in [1.165, 1.54) is 23.5 Å². The molecule has 1 aliphatic rings. The van der Waals surface area contributed by atoms with Gasteiger partial charge in [0.15, 0.2) is 5.13 Å². The molecule has 34 heavy (non-hydrogen) atoms.